The van der Waals surface area contributed by atoms with Crippen LogP contribution in [0.5, 0.6) is 0 Å². The Labute approximate surface area is 123 Å². The van der Waals surface area contributed by atoms with Crippen LogP contribution in [-0.2, 0) is 4.79 Å². The predicted molar refractivity (Wildman–Crippen MR) is 81.0 cm³/mol. The van der Waals surface area contributed by atoms with Crippen LogP contribution >= 0.6 is 11.3 Å². The lowest BCUT2D eigenvalue weighted by atomic mass is 9.83. The Morgan fingerprint density at radius 3 is 2.85 bits per heavy atom. The van der Waals surface area contributed by atoms with Gasteiger partial charge in [-0.05, 0) is 31.6 Å². The topological polar surface area (TPSA) is 88.2 Å². The highest BCUT2D eigenvalue weighted by Gasteiger charge is 2.22. The van der Waals surface area contributed by atoms with Gasteiger partial charge in [0.1, 0.15) is 6.04 Å². The summed E-state index contributed by atoms with van der Waals surface area (Å²) in [7, 11) is 0. The van der Waals surface area contributed by atoms with Crippen LogP contribution in [0.3, 0.4) is 0 Å². The van der Waals surface area contributed by atoms with Crippen molar-refractivity contribution in [1.29, 1.82) is 0 Å². The minimum absolute atomic E-state index is 0.435. The van der Waals surface area contributed by atoms with E-state index in [-0.39, 0.29) is 0 Å². The lowest BCUT2D eigenvalue weighted by molar-refractivity contribution is -0.138. The number of hydrogen-bond acceptors (Lipinski definition) is 5. The van der Waals surface area contributed by atoms with Crippen LogP contribution in [0, 0.1) is 5.92 Å². The number of nitrogens with one attached hydrogen (secondary N) is 1. The van der Waals surface area contributed by atoms with E-state index < -0.39 is 12.0 Å². The van der Waals surface area contributed by atoms with Crippen molar-refractivity contribution in [3.63, 3.8) is 0 Å². The minimum Gasteiger partial charge on any atom is -0.480 e. The van der Waals surface area contributed by atoms with E-state index in [0.29, 0.717) is 11.7 Å². The zero-order chi connectivity index (χ0) is 14.5. The molecule has 6 heteroatoms. The largest absolute Gasteiger partial charge is 0.480 e. The molecule has 0 spiro atoms. The zero-order valence-corrected chi connectivity index (χ0v) is 12.7. The molecule has 0 saturated heterocycles. The molecule has 4 N–H and O–H groups in total. The third-order valence-electron chi connectivity index (χ3n) is 3.98. The van der Waals surface area contributed by atoms with Crippen molar-refractivity contribution in [2.24, 2.45) is 11.7 Å². The quantitative estimate of drug-likeness (QED) is 0.751. The molecule has 1 aromatic heterocycles. The average molecular weight is 297 g/mol. The first-order chi connectivity index (χ1) is 9.60. The monoisotopic (exact) mass is 297 g/mol. The molecule has 112 valence electrons. The van der Waals surface area contributed by atoms with E-state index in [9.17, 15) is 4.79 Å². The van der Waals surface area contributed by atoms with Gasteiger partial charge in [-0.3, -0.25) is 4.79 Å². The number of carboxylic acids is 1. The molecule has 5 nitrogen and oxygen atoms in total. The van der Waals surface area contributed by atoms with Crippen molar-refractivity contribution in [1.82, 2.24) is 4.98 Å². The van der Waals surface area contributed by atoms with Gasteiger partial charge in [-0.25, -0.2) is 4.98 Å². The third kappa shape index (κ3) is 3.93. The van der Waals surface area contributed by atoms with Crippen molar-refractivity contribution in [3.8, 4) is 0 Å². The molecule has 1 unspecified atom stereocenters. The van der Waals surface area contributed by atoms with Gasteiger partial charge in [0.15, 0.2) is 5.13 Å². The van der Waals surface area contributed by atoms with Crippen LogP contribution in [0.15, 0.2) is 5.38 Å². The first-order valence-corrected chi connectivity index (χ1v) is 8.18. The first kappa shape index (κ1) is 15.3. The molecule has 1 atom stereocenters. The van der Waals surface area contributed by atoms with Crippen molar-refractivity contribution < 1.29 is 9.90 Å². The molecule has 0 radical (unpaired) electrons. The van der Waals surface area contributed by atoms with Crippen molar-refractivity contribution in [3.05, 3.63) is 11.1 Å². The molecule has 1 saturated carbocycles. The molecule has 1 aliphatic rings. The van der Waals surface area contributed by atoms with Gasteiger partial charge in [-0.2, -0.15) is 0 Å². The van der Waals surface area contributed by atoms with Crippen LogP contribution in [0.1, 0.15) is 57.2 Å². The molecule has 0 amide bonds. The van der Waals surface area contributed by atoms with E-state index in [4.69, 9.17) is 10.8 Å². The number of thiazole rings is 1. The van der Waals surface area contributed by atoms with Crippen molar-refractivity contribution in [2.75, 3.05) is 5.32 Å². The number of nitrogens with zero attached hydrogens (tertiary/aromatic N) is 1. The average Bonchev–Trinajstić information content (AvgIpc) is 2.89. The molecule has 0 bridgehead atoms. The summed E-state index contributed by atoms with van der Waals surface area (Å²) in [6.07, 6.45) is 7.50. The number of nitrogens with two attached hydrogens (primary N) is 1. The van der Waals surface area contributed by atoms with E-state index in [1.165, 1.54) is 49.9 Å². The third-order valence-corrected chi connectivity index (χ3v) is 4.77. The van der Waals surface area contributed by atoms with Crippen LogP contribution in [0.4, 0.5) is 5.13 Å². The molecular formula is C14H23N3O2S. The number of hydrogen-bond donors (Lipinski definition) is 3. The highest BCUT2D eigenvalue weighted by Crippen LogP contribution is 2.30. The maximum Gasteiger partial charge on any atom is 0.326 e. The Kier molecular flexibility index (Phi) is 5.37. The number of aromatic nitrogens is 1. The van der Waals surface area contributed by atoms with Gasteiger partial charge in [0, 0.05) is 11.4 Å². The second-order valence-electron chi connectivity index (χ2n) is 5.54. The van der Waals surface area contributed by atoms with Gasteiger partial charge in [0.25, 0.3) is 0 Å². The molecule has 1 heterocycles. The van der Waals surface area contributed by atoms with Crippen LogP contribution in [0.25, 0.3) is 0 Å². The standard InChI is InChI=1S/C14H23N3O2S/c1-2-3-9-4-6-10(7-5-9)16-14-17-11(8-20-14)12(15)13(18)19/h8-10,12H,2-7,15H2,1H3,(H,16,17)(H,18,19). The van der Waals surface area contributed by atoms with Crippen molar-refractivity contribution in [2.45, 2.75) is 57.5 Å². The molecule has 0 aliphatic heterocycles. The fourth-order valence-electron chi connectivity index (χ4n) is 2.80. The van der Waals surface area contributed by atoms with Gasteiger partial charge in [-0.15, -0.1) is 11.3 Å². The summed E-state index contributed by atoms with van der Waals surface area (Å²) in [6.45, 7) is 2.24. The Morgan fingerprint density at radius 1 is 1.55 bits per heavy atom. The summed E-state index contributed by atoms with van der Waals surface area (Å²) in [5.74, 6) is -0.160. The number of anilines is 1. The molecule has 20 heavy (non-hydrogen) atoms. The summed E-state index contributed by atoms with van der Waals surface area (Å²) in [4.78, 5) is 15.1. The van der Waals surface area contributed by atoms with Gasteiger partial charge in [-0.1, -0.05) is 19.8 Å². The highest BCUT2D eigenvalue weighted by atomic mass is 32.1. The molecule has 1 aliphatic carbocycles. The van der Waals surface area contributed by atoms with Crippen LogP contribution < -0.4 is 11.1 Å². The minimum atomic E-state index is -1.04. The number of aliphatic carboxylic acids is 1. The van der Waals surface area contributed by atoms with Crippen LogP contribution in [-0.4, -0.2) is 22.1 Å². The Balaban J connectivity index is 1.84. The van der Waals surface area contributed by atoms with E-state index in [1.807, 2.05) is 0 Å². The second-order valence-corrected chi connectivity index (χ2v) is 6.40. The van der Waals surface area contributed by atoms with Crippen molar-refractivity contribution >= 4 is 22.4 Å². The second kappa shape index (κ2) is 7.04. The lowest BCUT2D eigenvalue weighted by Gasteiger charge is -2.28. The van der Waals surface area contributed by atoms with E-state index in [0.717, 1.165) is 11.0 Å². The lowest BCUT2D eigenvalue weighted by Crippen LogP contribution is -2.26. The molecule has 2 rings (SSSR count). The van der Waals surface area contributed by atoms with Gasteiger partial charge >= 0.3 is 5.97 Å². The summed E-state index contributed by atoms with van der Waals surface area (Å²) in [6, 6.07) is -0.565. The molecule has 1 fully saturated rings. The van der Waals surface area contributed by atoms with Gasteiger partial charge in [0.2, 0.25) is 0 Å². The Morgan fingerprint density at radius 2 is 2.25 bits per heavy atom. The summed E-state index contributed by atoms with van der Waals surface area (Å²) in [5.41, 5.74) is 5.99. The number of rotatable bonds is 6. The maximum absolute atomic E-state index is 10.8. The molecule has 0 aromatic carbocycles. The number of carboxylic acid groups (broad SMARTS) is 1. The SMILES string of the molecule is CCCC1CCC(Nc2nc(C(N)C(=O)O)cs2)CC1. The molecular weight excluding hydrogens is 274 g/mol. The van der Waals surface area contributed by atoms with Gasteiger partial charge < -0.3 is 16.2 Å². The molecule has 1 aromatic rings. The Hall–Kier alpha value is -1.14. The zero-order valence-electron chi connectivity index (χ0n) is 11.8. The van der Waals surface area contributed by atoms with Gasteiger partial charge in [0.05, 0.1) is 5.69 Å². The fraction of sp³-hybridized carbons (Fsp3) is 0.714. The van der Waals surface area contributed by atoms with E-state index in [2.05, 4.69) is 17.2 Å². The maximum atomic E-state index is 10.8. The predicted octanol–water partition coefficient (Wildman–Crippen LogP) is 3.00. The Bertz CT molecular complexity index is 441. The van der Waals surface area contributed by atoms with E-state index in [1.54, 1.807) is 5.38 Å². The summed E-state index contributed by atoms with van der Waals surface area (Å²) < 4.78 is 0. The normalized spacial score (nSPS) is 24.3. The number of carbonyl (C=O) groups is 1. The highest BCUT2D eigenvalue weighted by molar-refractivity contribution is 7.13. The summed E-state index contributed by atoms with van der Waals surface area (Å²) >= 11 is 1.43. The fourth-order valence-corrected chi connectivity index (χ4v) is 3.62. The summed E-state index contributed by atoms with van der Waals surface area (Å²) in [5, 5.41) is 14.8. The van der Waals surface area contributed by atoms with E-state index >= 15 is 0 Å². The smallest absolute Gasteiger partial charge is 0.326 e. The van der Waals surface area contributed by atoms with Crippen LogP contribution in [0.2, 0.25) is 0 Å². The first-order valence-electron chi connectivity index (χ1n) is 7.30.